The van der Waals surface area contributed by atoms with Crippen LogP contribution < -0.4 is 11.1 Å². The third-order valence-electron chi connectivity index (χ3n) is 3.77. The highest BCUT2D eigenvalue weighted by atomic mass is 19.4. The highest BCUT2D eigenvalue weighted by Gasteiger charge is 2.42. The lowest BCUT2D eigenvalue weighted by Gasteiger charge is -2.29. The molecular weight excluding hydrogens is 273 g/mol. The van der Waals surface area contributed by atoms with E-state index in [-0.39, 0.29) is 44.1 Å². The van der Waals surface area contributed by atoms with Gasteiger partial charge < -0.3 is 11.1 Å². The van der Waals surface area contributed by atoms with Crippen LogP contribution in [-0.2, 0) is 11.3 Å². The largest absolute Gasteiger partial charge is 0.391 e. The molecule has 2 rings (SSSR count). The summed E-state index contributed by atoms with van der Waals surface area (Å²) in [6, 6.07) is 0. The number of nitrogen functional groups attached to an aromatic ring is 1. The summed E-state index contributed by atoms with van der Waals surface area (Å²) in [6.07, 6.45) is -2.04. The van der Waals surface area contributed by atoms with Crippen molar-refractivity contribution in [3.8, 4) is 0 Å². The average Bonchev–Trinajstić information content (AvgIpc) is 2.81. The number of aromatic nitrogens is 2. The maximum Gasteiger partial charge on any atom is 0.391 e. The molecule has 0 saturated heterocycles. The molecule has 0 unspecified atom stereocenters. The molecule has 0 spiro atoms. The number of nitrogens with one attached hydrogen (secondary N) is 2. The van der Waals surface area contributed by atoms with Crippen LogP contribution in [0.25, 0.3) is 0 Å². The number of anilines is 1. The number of alkyl halides is 3. The maximum absolute atomic E-state index is 12.5. The average molecular weight is 290 g/mol. The van der Waals surface area contributed by atoms with Crippen molar-refractivity contribution in [3.05, 3.63) is 11.8 Å². The first-order chi connectivity index (χ1) is 9.38. The van der Waals surface area contributed by atoms with Crippen LogP contribution >= 0.6 is 0 Å². The Balaban J connectivity index is 1.79. The topological polar surface area (TPSA) is 83.8 Å². The van der Waals surface area contributed by atoms with Gasteiger partial charge in [0.25, 0.3) is 0 Å². The van der Waals surface area contributed by atoms with E-state index in [2.05, 4.69) is 15.5 Å². The summed E-state index contributed by atoms with van der Waals surface area (Å²) in [5.74, 6) is -1.45. The molecule has 8 heteroatoms. The van der Waals surface area contributed by atoms with Crippen LogP contribution in [0.4, 0.5) is 19.0 Å². The Morgan fingerprint density at radius 1 is 1.40 bits per heavy atom. The normalized spacial score (nSPS) is 23.6. The Morgan fingerprint density at radius 3 is 2.55 bits per heavy atom. The summed E-state index contributed by atoms with van der Waals surface area (Å²) < 4.78 is 37.6. The standard InChI is InChI=1S/C12H17F3N4O/c13-12(14,15)9-3-1-7(2-4-9)11(20)17-5-8-6-18-19-10(8)16/h6-7,9H,1-5H2,(H,17,20)(H3,16,18,19). The van der Waals surface area contributed by atoms with Gasteiger partial charge in [-0.1, -0.05) is 0 Å². The summed E-state index contributed by atoms with van der Waals surface area (Å²) in [6.45, 7) is 0.236. The minimum atomic E-state index is -4.15. The monoisotopic (exact) mass is 290 g/mol. The minimum absolute atomic E-state index is 0.0232. The Hall–Kier alpha value is -1.73. The zero-order valence-corrected chi connectivity index (χ0v) is 10.8. The molecule has 0 aliphatic heterocycles. The van der Waals surface area contributed by atoms with E-state index in [1.165, 1.54) is 6.20 Å². The van der Waals surface area contributed by atoms with Gasteiger partial charge in [0.05, 0.1) is 12.1 Å². The van der Waals surface area contributed by atoms with Crippen molar-refractivity contribution in [3.63, 3.8) is 0 Å². The fraction of sp³-hybridized carbons (Fsp3) is 0.667. The van der Waals surface area contributed by atoms with E-state index >= 15 is 0 Å². The molecule has 1 heterocycles. The van der Waals surface area contributed by atoms with Gasteiger partial charge in [0.1, 0.15) is 5.82 Å². The molecule has 0 aromatic carbocycles. The first-order valence-electron chi connectivity index (χ1n) is 6.50. The molecule has 1 aromatic rings. The van der Waals surface area contributed by atoms with Crippen LogP contribution in [0, 0.1) is 11.8 Å². The number of H-pyrrole nitrogens is 1. The zero-order chi connectivity index (χ0) is 14.8. The van der Waals surface area contributed by atoms with Gasteiger partial charge in [0.15, 0.2) is 0 Å². The molecule has 1 saturated carbocycles. The highest BCUT2D eigenvalue weighted by Crippen LogP contribution is 2.39. The van der Waals surface area contributed by atoms with Gasteiger partial charge in [-0.3, -0.25) is 9.89 Å². The molecule has 5 nitrogen and oxygen atoms in total. The molecule has 1 aliphatic rings. The summed E-state index contributed by atoms with van der Waals surface area (Å²) in [5.41, 5.74) is 6.25. The van der Waals surface area contributed by atoms with Crippen LogP contribution in [-0.4, -0.2) is 22.3 Å². The first kappa shape index (κ1) is 14.7. The number of nitrogens with zero attached hydrogens (tertiary/aromatic N) is 1. The predicted molar refractivity (Wildman–Crippen MR) is 66.3 cm³/mol. The van der Waals surface area contributed by atoms with Crippen LogP contribution in [0.1, 0.15) is 31.2 Å². The number of amides is 1. The molecule has 1 aromatic heterocycles. The summed E-state index contributed by atoms with van der Waals surface area (Å²) in [5, 5.41) is 8.96. The molecular formula is C12H17F3N4O. The third-order valence-corrected chi connectivity index (χ3v) is 3.77. The van der Waals surface area contributed by atoms with Crippen molar-refractivity contribution >= 4 is 11.7 Å². The van der Waals surface area contributed by atoms with Crippen molar-refractivity contribution in [2.45, 2.75) is 38.4 Å². The number of carbonyl (C=O) groups is 1. The van der Waals surface area contributed by atoms with Gasteiger partial charge in [-0.05, 0) is 25.7 Å². The van der Waals surface area contributed by atoms with Crippen LogP contribution in [0.15, 0.2) is 6.20 Å². The Bertz CT molecular complexity index is 464. The number of rotatable bonds is 3. The molecule has 1 fully saturated rings. The Kier molecular flexibility index (Phi) is 4.20. The van der Waals surface area contributed by atoms with Crippen molar-refractivity contribution in [1.82, 2.24) is 15.5 Å². The van der Waals surface area contributed by atoms with Gasteiger partial charge in [-0.25, -0.2) is 0 Å². The SMILES string of the molecule is Nc1[nH]ncc1CNC(=O)C1CCC(C(F)(F)F)CC1. The van der Waals surface area contributed by atoms with Gasteiger partial charge in [0.2, 0.25) is 5.91 Å². The van der Waals surface area contributed by atoms with E-state index in [4.69, 9.17) is 5.73 Å². The summed E-state index contributed by atoms with van der Waals surface area (Å²) >= 11 is 0. The van der Waals surface area contributed by atoms with E-state index < -0.39 is 12.1 Å². The van der Waals surface area contributed by atoms with Gasteiger partial charge in [-0.2, -0.15) is 18.3 Å². The predicted octanol–water partition coefficient (Wildman–Crippen LogP) is 1.98. The second-order valence-electron chi connectivity index (χ2n) is 5.12. The molecule has 0 atom stereocenters. The second-order valence-corrected chi connectivity index (χ2v) is 5.12. The van der Waals surface area contributed by atoms with Crippen LogP contribution in [0.3, 0.4) is 0 Å². The number of aromatic amines is 1. The lowest BCUT2D eigenvalue weighted by Crippen LogP contribution is -2.35. The molecule has 20 heavy (non-hydrogen) atoms. The Morgan fingerprint density at radius 2 is 2.05 bits per heavy atom. The quantitative estimate of drug-likeness (QED) is 0.796. The molecule has 0 bridgehead atoms. The lowest BCUT2D eigenvalue weighted by atomic mass is 9.81. The van der Waals surface area contributed by atoms with Crippen molar-refractivity contribution < 1.29 is 18.0 Å². The van der Waals surface area contributed by atoms with E-state index in [9.17, 15) is 18.0 Å². The molecule has 112 valence electrons. The van der Waals surface area contributed by atoms with E-state index in [0.29, 0.717) is 11.4 Å². The Labute approximate surface area is 114 Å². The molecule has 4 N–H and O–H groups in total. The van der Waals surface area contributed by atoms with E-state index in [1.54, 1.807) is 0 Å². The fourth-order valence-corrected chi connectivity index (χ4v) is 2.47. The van der Waals surface area contributed by atoms with Gasteiger partial charge in [-0.15, -0.1) is 0 Å². The van der Waals surface area contributed by atoms with Crippen molar-refractivity contribution in [1.29, 1.82) is 0 Å². The number of hydrogen-bond donors (Lipinski definition) is 3. The maximum atomic E-state index is 12.5. The van der Waals surface area contributed by atoms with Gasteiger partial charge in [0, 0.05) is 18.0 Å². The van der Waals surface area contributed by atoms with E-state index in [0.717, 1.165) is 0 Å². The first-order valence-corrected chi connectivity index (χ1v) is 6.50. The lowest BCUT2D eigenvalue weighted by molar-refractivity contribution is -0.184. The zero-order valence-electron chi connectivity index (χ0n) is 10.8. The third kappa shape index (κ3) is 3.43. The van der Waals surface area contributed by atoms with Crippen LogP contribution in [0.5, 0.6) is 0 Å². The number of halogens is 3. The summed E-state index contributed by atoms with van der Waals surface area (Å²) in [7, 11) is 0. The van der Waals surface area contributed by atoms with Crippen molar-refractivity contribution in [2.24, 2.45) is 11.8 Å². The minimum Gasteiger partial charge on any atom is -0.384 e. The smallest absolute Gasteiger partial charge is 0.384 e. The number of carbonyl (C=O) groups excluding carboxylic acids is 1. The fourth-order valence-electron chi connectivity index (χ4n) is 2.47. The van der Waals surface area contributed by atoms with E-state index in [1.807, 2.05) is 0 Å². The molecule has 1 aliphatic carbocycles. The summed E-state index contributed by atoms with van der Waals surface area (Å²) in [4.78, 5) is 11.9. The number of nitrogens with two attached hydrogens (primary N) is 1. The van der Waals surface area contributed by atoms with Gasteiger partial charge >= 0.3 is 6.18 Å². The molecule has 1 amide bonds. The molecule has 0 radical (unpaired) electrons. The second kappa shape index (κ2) is 5.72. The highest BCUT2D eigenvalue weighted by molar-refractivity contribution is 5.78. The number of hydrogen-bond acceptors (Lipinski definition) is 3. The van der Waals surface area contributed by atoms with Crippen molar-refractivity contribution in [2.75, 3.05) is 5.73 Å². The van der Waals surface area contributed by atoms with Crippen LogP contribution in [0.2, 0.25) is 0 Å².